The van der Waals surface area contributed by atoms with Gasteiger partial charge in [0.15, 0.2) is 0 Å². The molecule has 1 N–H and O–H groups in total. The Labute approximate surface area is 111 Å². The number of hydrogen-bond donors (Lipinski definition) is 1. The lowest BCUT2D eigenvalue weighted by molar-refractivity contribution is -0.115. The van der Waals surface area contributed by atoms with Crippen LogP contribution in [-0.2, 0) is 19.6 Å². The fourth-order valence-corrected chi connectivity index (χ4v) is 2.86. The molecule has 1 amide bonds. The summed E-state index contributed by atoms with van der Waals surface area (Å²) in [7, 11) is -3.73. The molecule has 6 nitrogen and oxygen atoms in total. The van der Waals surface area contributed by atoms with E-state index in [9.17, 15) is 13.2 Å². The van der Waals surface area contributed by atoms with Gasteiger partial charge in [-0.2, -0.15) is 8.42 Å². The van der Waals surface area contributed by atoms with Crippen molar-refractivity contribution in [3.05, 3.63) is 23.8 Å². The highest BCUT2D eigenvalue weighted by molar-refractivity contribution is 7.90. The van der Waals surface area contributed by atoms with E-state index in [0.29, 0.717) is 24.3 Å². The zero-order chi connectivity index (χ0) is 14.0. The molecule has 1 heterocycles. The van der Waals surface area contributed by atoms with Gasteiger partial charge in [0.2, 0.25) is 11.8 Å². The topological polar surface area (TPSA) is 84.8 Å². The second kappa shape index (κ2) is 5.00. The number of benzene rings is 1. The number of anilines is 1. The number of ether oxygens (including phenoxy) is 1. The van der Waals surface area contributed by atoms with Gasteiger partial charge in [-0.3, -0.25) is 4.79 Å². The largest absolute Gasteiger partial charge is 0.477 e. The van der Waals surface area contributed by atoms with Gasteiger partial charge in [-0.1, -0.05) is 6.92 Å². The number of nitrogens with zero attached hydrogens (tertiary/aromatic N) is 1. The molecule has 7 heteroatoms. The van der Waals surface area contributed by atoms with Crippen molar-refractivity contribution >= 4 is 27.5 Å². The molecular weight excluding hydrogens is 268 g/mol. The van der Waals surface area contributed by atoms with Crippen LogP contribution in [0.2, 0.25) is 0 Å². The van der Waals surface area contributed by atoms with Crippen molar-refractivity contribution in [2.75, 3.05) is 11.9 Å². The van der Waals surface area contributed by atoms with Crippen LogP contribution in [0.25, 0.3) is 0 Å². The quantitative estimate of drug-likeness (QED) is 0.910. The van der Waals surface area contributed by atoms with Crippen LogP contribution >= 0.6 is 0 Å². The highest BCUT2D eigenvalue weighted by Gasteiger charge is 2.30. The minimum absolute atomic E-state index is 0.0600. The summed E-state index contributed by atoms with van der Waals surface area (Å²) >= 11 is 0. The third kappa shape index (κ3) is 2.60. The third-order valence-corrected chi connectivity index (χ3v) is 3.88. The third-order valence-electron chi connectivity index (χ3n) is 2.58. The van der Waals surface area contributed by atoms with E-state index < -0.39 is 10.0 Å². The van der Waals surface area contributed by atoms with Gasteiger partial charge in [0.05, 0.1) is 12.2 Å². The summed E-state index contributed by atoms with van der Waals surface area (Å²) in [5.41, 5.74) is 0.860. The Kier molecular flexibility index (Phi) is 3.57. The standard InChI is InChI=1S/C12H14N2O4S/c1-3-11(15)13-8-5-6-9-10(7-8)19(16,17)14-12(9)18-4-2/h5-7H,3-4H2,1-2H3,(H,13,15). The number of carbonyl (C=O) groups excluding carboxylic acids is 1. The zero-order valence-corrected chi connectivity index (χ0v) is 11.5. The maximum absolute atomic E-state index is 11.9. The molecule has 1 aromatic carbocycles. The summed E-state index contributed by atoms with van der Waals surface area (Å²) in [6.07, 6.45) is 0.324. The van der Waals surface area contributed by atoms with Crippen molar-refractivity contribution in [2.45, 2.75) is 25.2 Å². The summed E-state index contributed by atoms with van der Waals surface area (Å²) in [6.45, 7) is 3.81. The lowest BCUT2D eigenvalue weighted by Crippen LogP contribution is -2.10. The Morgan fingerprint density at radius 3 is 2.74 bits per heavy atom. The predicted octanol–water partition coefficient (Wildman–Crippen LogP) is 1.52. The molecule has 0 saturated carbocycles. The van der Waals surface area contributed by atoms with Crippen LogP contribution in [0.15, 0.2) is 27.5 Å². The van der Waals surface area contributed by atoms with E-state index in [1.54, 1.807) is 26.0 Å². The van der Waals surface area contributed by atoms with Crippen LogP contribution in [0, 0.1) is 0 Å². The predicted molar refractivity (Wildman–Crippen MR) is 70.7 cm³/mol. The van der Waals surface area contributed by atoms with Gasteiger partial charge >= 0.3 is 0 Å². The van der Waals surface area contributed by atoms with E-state index in [2.05, 4.69) is 9.71 Å². The number of sulfonamides is 1. The van der Waals surface area contributed by atoms with Gasteiger partial charge in [-0.25, -0.2) is 0 Å². The molecule has 0 aliphatic carbocycles. The van der Waals surface area contributed by atoms with E-state index >= 15 is 0 Å². The van der Waals surface area contributed by atoms with Crippen molar-refractivity contribution in [1.82, 2.24) is 0 Å². The van der Waals surface area contributed by atoms with Gasteiger partial charge in [0.25, 0.3) is 10.0 Å². The van der Waals surface area contributed by atoms with Crippen molar-refractivity contribution < 1.29 is 17.9 Å². The fourth-order valence-electron chi connectivity index (χ4n) is 1.69. The highest BCUT2D eigenvalue weighted by Crippen LogP contribution is 2.29. The molecular formula is C12H14N2O4S. The molecule has 0 unspecified atom stereocenters. The molecule has 102 valence electrons. The molecule has 1 aliphatic heterocycles. The summed E-state index contributed by atoms with van der Waals surface area (Å²) in [5.74, 6) is -0.0767. The van der Waals surface area contributed by atoms with E-state index in [0.717, 1.165) is 0 Å². The van der Waals surface area contributed by atoms with Gasteiger partial charge in [0.1, 0.15) is 4.90 Å². The Bertz CT molecular complexity index is 650. The van der Waals surface area contributed by atoms with E-state index in [-0.39, 0.29) is 16.7 Å². The van der Waals surface area contributed by atoms with Crippen LogP contribution in [0.5, 0.6) is 0 Å². The minimum atomic E-state index is -3.73. The average Bonchev–Trinajstić information content (AvgIpc) is 2.61. The molecule has 0 bridgehead atoms. The molecule has 1 aromatic rings. The summed E-state index contributed by atoms with van der Waals surface area (Å²) in [4.78, 5) is 11.4. The van der Waals surface area contributed by atoms with E-state index in [1.807, 2.05) is 0 Å². The Morgan fingerprint density at radius 2 is 2.11 bits per heavy atom. The van der Waals surface area contributed by atoms with Crippen LogP contribution in [0.4, 0.5) is 5.69 Å². The molecule has 19 heavy (non-hydrogen) atoms. The fraction of sp³-hybridized carbons (Fsp3) is 0.333. The number of amides is 1. The first-order chi connectivity index (χ1) is 8.97. The number of rotatable bonds is 3. The lowest BCUT2D eigenvalue weighted by atomic mass is 10.2. The first-order valence-electron chi connectivity index (χ1n) is 5.90. The monoisotopic (exact) mass is 282 g/mol. The van der Waals surface area contributed by atoms with Crippen molar-refractivity contribution in [1.29, 1.82) is 0 Å². The summed E-state index contributed by atoms with van der Waals surface area (Å²) in [5, 5.41) is 2.61. The van der Waals surface area contributed by atoms with Gasteiger partial charge in [0, 0.05) is 12.1 Å². The maximum atomic E-state index is 11.9. The Hall–Kier alpha value is -1.89. The maximum Gasteiger partial charge on any atom is 0.286 e. The zero-order valence-electron chi connectivity index (χ0n) is 10.6. The molecule has 2 rings (SSSR count). The SMILES string of the molecule is CCOC1=NS(=O)(=O)c2cc(NC(=O)CC)ccc21. The smallest absolute Gasteiger partial charge is 0.286 e. The average molecular weight is 282 g/mol. The van der Waals surface area contributed by atoms with Crippen molar-refractivity contribution in [3.8, 4) is 0 Å². The lowest BCUT2D eigenvalue weighted by Gasteiger charge is -2.06. The molecule has 1 aliphatic rings. The van der Waals surface area contributed by atoms with Crippen molar-refractivity contribution in [2.24, 2.45) is 4.40 Å². The minimum Gasteiger partial charge on any atom is -0.477 e. The van der Waals surface area contributed by atoms with Crippen LogP contribution in [0.1, 0.15) is 25.8 Å². The Balaban J connectivity index is 2.40. The van der Waals surface area contributed by atoms with Crippen molar-refractivity contribution in [3.63, 3.8) is 0 Å². The normalized spacial score (nSPS) is 15.6. The van der Waals surface area contributed by atoms with E-state index in [4.69, 9.17) is 4.74 Å². The van der Waals surface area contributed by atoms with E-state index in [1.165, 1.54) is 6.07 Å². The second-order valence-electron chi connectivity index (χ2n) is 3.92. The number of hydrogen-bond acceptors (Lipinski definition) is 4. The first kappa shape index (κ1) is 13.5. The molecule has 0 aromatic heterocycles. The molecule has 0 radical (unpaired) electrons. The van der Waals surface area contributed by atoms with Gasteiger partial charge < -0.3 is 10.1 Å². The number of nitrogens with one attached hydrogen (secondary N) is 1. The molecule has 0 spiro atoms. The first-order valence-corrected chi connectivity index (χ1v) is 7.34. The number of fused-ring (bicyclic) bond motifs is 1. The van der Waals surface area contributed by atoms with Crippen LogP contribution in [-0.4, -0.2) is 26.8 Å². The number of carbonyl (C=O) groups is 1. The molecule has 0 fully saturated rings. The molecule has 0 saturated heterocycles. The summed E-state index contributed by atoms with van der Waals surface area (Å²) < 4.78 is 32.5. The molecule has 0 atom stereocenters. The summed E-state index contributed by atoms with van der Waals surface area (Å²) in [6, 6.07) is 4.61. The Morgan fingerprint density at radius 1 is 1.37 bits per heavy atom. The van der Waals surface area contributed by atoms with Crippen LogP contribution < -0.4 is 5.32 Å². The second-order valence-corrected chi connectivity index (χ2v) is 5.49. The van der Waals surface area contributed by atoms with Crippen LogP contribution in [0.3, 0.4) is 0 Å². The van der Waals surface area contributed by atoms with Gasteiger partial charge in [-0.15, -0.1) is 4.40 Å². The highest BCUT2D eigenvalue weighted by atomic mass is 32.2. The van der Waals surface area contributed by atoms with Gasteiger partial charge in [-0.05, 0) is 25.1 Å².